The van der Waals surface area contributed by atoms with Crippen molar-refractivity contribution in [1.29, 1.82) is 0 Å². The molecule has 30 heavy (non-hydrogen) atoms. The van der Waals surface area contributed by atoms with E-state index in [0.717, 1.165) is 5.56 Å². The Balaban J connectivity index is 1.83. The normalized spacial score (nSPS) is 19.2. The number of nitrogens with zero attached hydrogens (tertiary/aromatic N) is 1. The molecule has 0 bridgehead atoms. The Morgan fingerprint density at radius 2 is 1.87 bits per heavy atom. The van der Waals surface area contributed by atoms with Gasteiger partial charge in [0.1, 0.15) is 12.4 Å². The monoisotopic (exact) mass is 410 g/mol. The number of Topliss-reactive ketones (excluding diaryl/α,β-unsaturated/α-hetero) is 1. The van der Waals surface area contributed by atoms with Crippen molar-refractivity contribution in [2.45, 2.75) is 45.4 Å². The number of phenols is 1. The van der Waals surface area contributed by atoms with Gasteiger partial charge in [0.05, 0.1) is 5.92 Å². The van der Waals surface area contributed by atoms with Crippen molar-refractivity contribution in [3.63, 3.8) is 0 Å². The molecular weight excluding hydrogens is 380 g/mol. The molecule has 1 saturated heterocycles. The molecule has 2 N–H and O–H groups in total. The van der Waals surface area contributed by atoms with Crippen LogP contribution < -0.4 is 5.32 Å². The van der Waals surface area contributed by atoms with Gasteiger partial charge >= 0.3 is 6.09 Å². The number of rotatable bonds is 5. The number of aromatic hydroxyl groups is 1. The summed E-state index contributed by atoms with van der Waals surface area (Å²) >= 11 is 0. The first-order valence-electron chi connectivity index (χ1n) is 10.3. The average Bonchev–Trinajstić information content (AvgIpc) is 2.72. The van der Waals surface area contributed by atoms with E-state index in [-0.39, 0.29) is 24.2 Å². The summed E-state index contributed by atoms with van der Waals surface area (Å²) in [6, 6.07) is 15.6. The molecule has 2 atom stereocenters. The van der Waals surface area contributed by atoms with Gasteiger partial charge in [-0.1, -0.05) is 42.5 Å². The lowest BCUT2D eigenvalue weighted by Crippen LogP contribution is -2.60. The molecule has 0 spiro atoms. The number of hydrogen-bond donors (Lipinski definition) is 2. The van der Waals surface area contributed by atoms with Crippen molar-refractivity contribution in [2.24, 2.45) is 5.92 Å². The fourth-order valence-electron chi connectivity index (χ4n) is 3.99. The van der Waals surface area contributed by atoms with Crippen LogP contribution in [0.1, 0.15) is 43.1 Å². The summed E-state index contributed by atoms with van der Waals surface area (Å²) in [4.78, 5) is 28.1. The second-order valence-corrected chi connectivity index (χ2v) is 8.66. The highest BCUT2D eigenvalue weighted by Crippen LogP contribution is 2.30. The number of nitrogens with one attached hydrogen (secondary N) is 1. The molecule has 0 aliphatic carbocycles. The van der Waals surface area contributed by atoms with E-state index in [4.69, 9.17) is 4.74 Å². The van der Waals surface area contributed by atoms with Crippen LogP contribution in [0, 0.1) is 5.92 Å². The Labute approximate surface area is 177 Å². The minimum absolute atomic E-state index is 0.0520. The summed E-state index contributed by atoms with van der Waals surface area (Å²) < 4.78 is 5.64. The lowest BCUT2D eigenvalue weighted by Gasteiger charge is -2.45. The Hall–Kier alpha value is -2.86. The van der Waals surface area contributed by atoms with Crippen molar-refractivity contribution >= 4 is 11.9 Å². The first-order valence-corrected chi connectivity index (χ1v) is 10.3. The predicted molar refractivity (Wildman–Crippen MR) is 115 cm³/mol. The zero-order valence-electron chi connectivity index (χ0n) is 17.8. The highest BCUT2D eigenvalue weighted by atomic mass is 16.6. The van der Waals surface area contributed by atoms with Crippen LogP contribution >= 0.6 is 0 Å². The van der Waals surface area contributed by atoms with Gasteiger partial charge in [-0.15, -0.1) is 0 Å². The minimum atomic E-state index is -0.521. The fraction of sp³-hybridized carbons (Fsp3) is 0.417. The molecule has 6 nitrogen and oxygen atoms in total. The third-order valence-electron chi connectivity index (χ3n) is 5.37. The number of benzene rings is 2. The molecule has 1 fully saturated rings. The molecule has 6 heteroatoms. The first kappa shape index (κ1) is 21.8. The average molecular weight is 411 g/mol. The largest absolute Gasteiger partial charge is 0.508 e. The molecule has 1 aliphatic heterocycles. The van der Waals surface area contributed by atoms with Gasteiger partial charge in [-0.2, -0.15) is 0 Å². The van der Waals surface area contributed by atoms with Gasteiger partial charge in [-0.25, -0.2) is 4.79 Å². The Kier molecular flexibility index (Phi) is 6.77. The number of amides is 1. The van der Waals surface area contributed by atoms with Crippen molar-refractivity contribution in [2.75, 3.05) is 13.1 Å². The maximum Gasteiger partial charge on any atom is 0.410 e. The number of carbonyl (C=O) groups excluding carboxylic acids is 2. The molecule has 0 saturated carbocycles. The summed E-state index contributed by atoms with van der Waals surface area (Å²) in [5.74, 6) is -0.464. The van der Waals surface area contributed by atoms with Crippen molar-refractivity contribution in [3.05, 3.63) is 65.7 Å². The van der Waals surface area contributed by atoms with Crippen LogP contribution in [-0.4, -0.2) is 46.6 Å². The standard InChI is InChI=1S/C24H30N2O4/c1-24(2,3)26(23(29)30-16-17-8-5-4-6-9-17)21-12-13-25-15-20(21)22(28)18-10-7-11-19(27)14-18/h4-11,14,20-21,25,27H,12-13,15-16H2,1-3H3. The highest BCUT2D eigenvalue weighted by Gasteiger charge is 2.42. The van der Waals surface area contributed by atoms with Crippen molar-refractivity contribution in [1.82, 2.24) is 10.2 Å². The second kappa shape index (κ2) is 9.30. The zero-order valence-corrected chi connectivity index (χ0v) is 17.8. The quantitative estimate of drug-likeness (QED) is 0.729. The SMILES string of the molecule is CC(C)(C)N(C(=O)OCc1ccccc1)C1CCNCC1C(=O)c1cccc(O)c1. The van der Waals surface area contributed by atoms with Crippen LogP contribution in [-0.2, 0) is 11.3 Å². The smallest absolute Gasteiger partial charge is 0.410 e. The summed E-state index contributed by atoms with van der Waals surface area (Å²) in [5, 5.41) is 13.0. The molecular formula is C24H30N2O4. The van der Waals surface area contributed by atoms with E-state index in [1.165, 1.54) is 12.1 Å². The van der Waals surface area contributed by atoms with Crippen LogP contribution in [0.2, 0.25) is 0 Å². The van der Waals surface area contributed by atoms with E-state index < -0.39 is 17.6 Å². The number of carbonyl (C=O) groups is 2. The highest BCUT2D eigenvalue weighted by molar-refractivity contribution is 5.99. The fourth-order valence-corrected chi connectivity index (χ4v) is 3.99. The molecule has 0 radical (unpaired) electrons. The maximum atomic E-state index is 13.3. The van der Waals surface area contributed by atoms with Gasteiger partial charge in [0.25, 0.3) is 0 Å². The molecule has 3 rings (SSSR count). The number of hydrogen-bond acceptors (Lipinski definition) is 5. The lowest BCUT2D eigenvalue weighted by molar-refractivity contribution is 0.0160. The second-order valence-electron chi connectivity index (χ2n) is 8.66. The van der Waals surface area contributed by atoms with Gasteiger partial charge in [-0.3, -0.25) is 9.69 Å². The van der Waals surface area contributed by atoms with Crippen molar-refractivity contribution < 1.29 is 19.4 Å². The van der Waals surface area contributed by atoms with Crippen LogP contribution in [0.3, 0.4) is 0 Å². The van der Waals surface area contributed by atoms with Crippen LogP contribution in [0.4, 0.5) is 4.79 Å². The zero-order chi connectivity index (χ0) is 21.7. The number of piperidine rings is 1. The van der Waals surface area contributed by atoms with E-state index in [0.29, 0.717) is 25.1 Å². The maximum absolute atomic E-state index is 13.3. The van der Waals surface area contributed by atoms with Crippen LogP contribution in [0.15, 0.2) is 54.6 Å². The van der Waals surface area contributed by atoms with Crippen LogP contribution in [0.5, 0.6) is 5.75 Å². The molecule has 2 aromatic carbocycles. The third kappa shape index (κ3) is 5.19. The number of ether oxygens (including phenoxy) is 1. The Morgan fingerprint density at radius 1 is 1.13 bits per heavy atom. The molecule has 1 heterocycles. The van der Waals surface area contributed by atoms with E-state index in [2.05, 4.69) is 5.32 Å². The van der Waals surface area contributed by atoms with Gasteiger partial charge < -0.3 is 15.2 Å². The Morgan fingerprint density at radius 3 is 2.53 bits per heavy atom. The summed E-state index contributed by atoms with van der Waals surface area (Å²) in [6.07, 6.45) is 0.222. The van der Waals surface area contributed by atoms with Gasteiger partial charge in [0.15, 0.2) is 5.78 Å². The lowest BCUT2D eigenvalue weighted by atomic mass is 9.83. The summed E-state index contributed by atoms with van der Waals surface area (Å²) in [5.41, 5.74) is 0.838. The molecule has 2 unspecified atom stereocenters. The topological polar surface area (TPSA) is 78.9 Å². The van der Waals surface area contributed by atoms with E-state index in [1.54, 1.807) is 17.0 Å². The van der Waals surface area contributed by atoms with E-state index in [9.17, 15) is 14.7 Å². The number of ketones is 1. The van der Waals surface area contributed by atoms with Gasteiger partial charge in [0.2, 0.25) is 0 Å². The molecule has 2 aromatic rings. The van der Waals surface area contributed by atoms with E-state index in [1.807, 2.05) is 51.1 Å². The van der Waals surface area contributed by atoms with Crippen LogP contribution in [0.25, 0.3) is 0 Å². The first-order chi connectivity index (χ1) is 14.3. The van der Waals surface area contributed by atoms with Crippen molar-refractivity contribution in [3.8, 4) is 5.75 Å². The number of phenolic OH excluding ortho intramolecular Hbond substituents is 1. The summed E-state index contributed by atoms with van der Waals surface area (Å²) in [6.45, 7) is 7.23. The summed E-state index contributed by atoms with van der Waals surface area (Å²) in [7, 11) is 0. The predicted octanol–water partition coefficient (Wildman–Crippen LogP) is 3.99. The van der Waals surface area contributed by atoms with Gasteiger partial charge in [0, 0.05) is 23.7 Å². The third-order valence-corrected chi connectivity index (χ3v) is 5.37. The molecule has 1 amide bonds. The van der Waals surface area contributed by atoms with Gasteiger partial charge in [-0.05, 0) is 51.4 Å². The molecule has 1 aliphatic rings. The molecule has 0 aromatic heterocycles. The molecule has 160 valence electrons. The Bertz CT molecular complexity index is 876. The minimum Gasteiger partial charge on any atom is -0.508 e. The van der Waals surface area contributed by atoms with E-state index >= 15 is 0 Å².